The van der Waals surface area contributed by atoms with E-state index in [1.165, 1.54) is 0 Å². The van der Waals surface area contributed by atoms with E-state index in [1.54, 1.807) is 0 Å². The Hall–Kier alpha value is -2.75. The Bertz CT molecular complexity index is 531. The lowest BCUT2D eigenvalue weighted by atomic mass is 10.2. The Morgan fingerprint density at radius 2 is 2.00 bits per heavy atom. The molecule has 102 valence electrons. The van der Waals surface area contributed by atoms with Crippen molar-refractivity contribution >= 4 is 23.0 Å². The summed E-state index contributed by atoms with van der Waals surface area (Å²) in [6.45, 7) is -0.242. The Kier molecular flexibility index (Phi) is 4.32. The molecule has 0 amide bonds. The summed E-state index contributed by atoms with van der Waals surface area (Å²) >= 11 is 0. The van der Waals surface area contributed by atoms with Crippen LogP contribution < -0.4 is 11.1 Å². The molecule has 0 aromatic heterocycles. The molecule has 0 saturated heterocycles. The third kappa shape index (κ3) is 3.61. The first-order valence-corrected chi connectivity index (χ1v) is 4.98. The molecule has 0 saturated carbocycles. The number of nitro benzene ring substituents is 2. The minimum Gasteiger partial charge on any atom is -0.480 e. The highest BCUT2D eigenvalue weighted by molar-refractivity contribution is 5.74. The Morgan fingerprint density at radius 3 is 2.47 bits per heavy atom. The van der Waals surface area contributed by atoms with Gasteiger partial charge in [0.15, 0.2) is 0 Å². The molecular weight excluding hydrogens is 260 g/mol. The van der Waals surface area contributed by atoms with Crippen molar-refractivity contribution in [3.63, 3.8) is 0 Å². The van der Waals surface area contributed by atoms with Gasteiger partial charge in [-0.3, -0.25) is 25.0 Å². The number of aliphatic carboxylic acids is 1. The number of hydrogen-bond donors (Lipinski definition) is 3. The minimum absolute atomic E-state index is 0.0349. The highest BCUT2D eigenvalue weighted by atomic mass is 16.6. The van der Waals surface area contributed by atoms with Crippen LogP contribution in [0, 0.1) is 20.2 Å². The lowest BCUT2D eigenvalue weighted by Crippen LogP contribution is -2.37. The first-order valence-electron chi connectivity index (χ1n) is 4.98. The molecule has 1 aromatic carbocycles. The van der Waals surface area contributed by atoms with Gasteiger partial charge in [-0.05, 0) is 6.07 Å². The molecule has 0 aliphatic carbocycles. The smallest absolute Gasteiger partial charge is 0.322 e. The number of benzene rings is 1. The highest BCUT2D eigenvalue weighted by Crippen LogP contribution is 2.28. The minimum atomic E-state index is -1.27. The van der Waals surface area contributed by atoms with Gasteiger partial charge in [-0.15, -0.1) is 0 Å². The molecule has 0 radical (unpaired) electrons. The molecule has 10 heteroatoms. The lowest BCUT2D eigenvalue weighted by molar-refractivity contribution is -0.393. The van der Waals surface area contributed by atoms with E-state index in [-0.39, 0.29) is 12.2 Å². The van der Waals surface area contributed by atoms with Gasteiger partial charge >= 0.3 is 5.97 Å². The van der Waals surface area contributed by atoms with E-state index in [4.69, 9.17) is 10.8 Å². The van der Waals surface area contributed by atoms with Crippen LogP contribution in [0.1, 0.15) is 0 Å². The largest absolute Gasteiger partial charge is 0.480 e. The number of anilines is 1. The maximum absolute atomic E-state index is 10.8. The van der Waals surface area contributed by atoms with Gasteiger partial charge in [0.2, 0.25) is 0 Å². The van der Waals surface area contributed by atoms with Gasteiger partial charge in [0.1, 0.15) is 11.7 Å². The Morgan fingerprint density at radius 1 is 1.37 bits per heavy atom. The summed E-state index contributed by atoms with van der Waals surface area (Å²) in [7, 11) is 0. The van der Waals surface area contributed by atoms with Gasteiger partial charge in [0.05, 0.1) is 15.9 Å². The molecule has 1 atom stereocenters. The predicted molar refractivity (Wildman–Crippen MR) is 63.9 cm³/mol. The zero-order valence-corrected chi connectivity index (χ0v) is 9.48. The average Bonchev–Trinajstić information content (AvgIpc) is 2.35. The monoisotopic (exact) mass is 270 g/mol. The van der Waals surface area contributed by atoms with Gasteiger partial charge in [0, 0.05) is 12.6 Å². The maximum atomic E-state index is 10.8. The van der Waals surface area contributed by atoms with E-state index < -0.39 is 33.2 Å². The fraction of sp³-hybridized carbons (Fsp3) is 0.222. The number of nitrogens with one attached hydrogen (secondary N) is 1. The van der Waals surface area contributed by atoms with Crippen molar-refractivity contribution in [2.75, 3.05) is 11.9 Å². The molecule has 19 heavy (non-hydrogen) atoms. The molecular formula is C9H10N4O6. The van der Waals surface area contributed by atoms with Crippen LogP contribution >= 0.6 is 0 Å². The van der Waals surface area contributed by atoms with Gasteiger partial charge in [-0.25, -0.2) is 0 Å². The maximum Gasteiger partial charge on any atom is 0.322 e. The third-order valence-electron chi connectivity index (χ3n) is 2.22. The van der Waals surface area contributed by atoms with Crippen molar-refractivity contribution in [3.8, 4) is 0 Å². The standard InChI is InChI=1S/C9H10N4O6/c10-6(9(14)15)4-11-7-2-1-5(12(16)17)3-8(7)13(18)19/h1-3,6,11H,4,10H2,(H,14,15)/t6-/m0/s1. The molecule has 4 N–H and O–H groups in total. The van der Waals surface area contributed by atoms with Gasteiger partial charge in [0.25, 0.3) is 11.4 Å². The molecule has 1 aromatic rings. The van der Waals surface area contributed by atoms with E-state index >= 15 is 0 Å². The normalized spacial score (nSPS) is 11.6. The summed E-state index contributed by atoms with van der Waals surface area (Å²) in [6, 6.07) is 1.75. The van der Waals surface area contributed by atoms with E-state index in [0.29, 0.717) is 0 Å². The SMILES string of the molecule is N[C@@H](CNc1ccc([N+](=O)[O-])cc1[N+](=O)[O-])C(=O)O. The lowest BCUT2D eigenvalue weighted by Gasteiger charge is -2.09. The number of carboxylic acids is 1. The van der Waals surface area contributed by atoms with Gasteiger partial charge in [-0.2, -0.15) is 0 Å². The van der Waals surface area contributed by atoms with Crippen molar-refractivity contribution in [1.82, 2.24) is 0 Å². The topological polar surface area (TPSA) is 162 Å². The number of rotatable bonds is 6. The second kappa shape index (κ2) is 5.73. The van der Waals surface area contributed by atoms with E-state index in [0.717, 1.165) is 18.2 Å². The summed E-state index contributed by atoms with van der Waals surface area (Å²) in [5, 5.41) is 32.3. The van der Waals surface area contributed by atoms with Crippen LogP contribution in [0.3, 0.4) is 0 Å². The zero-order chi connectivity index (χ0) is 14.6. The van der Waals surface area contributed by atoms with Crippen LogP contribution in [-0.2, 0) is 4.79 Å². The summed E-state index contributed by atoms with van der Waals surface area (Å²) in [5.74, 6) is -1.27. The molecule has 0 spiro atoms. The zero-order valence-electron chi connectivity index (χ0n) is 9.48. The fourth-order valence-electron chi connectivity index (χ4n) is 1.24. The van der Waals surface area contributed by atoms with E-state index in [1.807, 2.05) is 0 Å². The molecule has 0 aliphatic rings. The van der Waals surface area contributed by atoms with Crippen molar-refractivity contribution in [2.24, 2.45) is 5.73 Å². The molecule has 0 heterocycles. The molecule has 10 nitrogen and oxygen atoms in total. The number of nitrogens with two attached hydrogens (primary N) is 1. The van der Waals surface area contributed by atoms with Gasteiger partial charge < -0.3 is 16.2 Å². The molecule has 0 unspecified atom stereocenters. The van der Waals surface area contributed by atoms with Crippen molar-refractivity contribution in [1.29, 1.82) is 0 Å². The van der Waals surface area contributed by atoms with Crippen LogP contribution in [0.15, 0.2) is 18.2 Å². The predicted octanol–water partition coefficient (Wildman–Crippen LogP) is 0.327. The highest BCUT2D eigenvalue weighted by Gasteiger charge is 2.20. The molecule has 0 fully saturated rings. The number of non-ortho nitro benzene ring substituents is 1. The van der Waals surface area contributed by atoms with Crippen LogP contribution in [0.2, 0.25) is 0 Å². The van der Waals surface area contributed by atoms with Crippen LogP contribution in [0.25, 0.3) is 0 Å². The van der Waals surface area contributed by atoms with Crippen LogP contribution in [-0.4, -0.2) is 33.5 Å². The second-order valence-corrected chi connectivity index (χ2v) is 3.54. The average molecular weight is 270 g/mol. The van der Waals surface area contributed by atoms with Crippen molar-refractivity contribution in [3.05, 3.63) is 38.4 Å². The fourth-order valence-corrected chi connectivity index (χ4v) is 1.24. The first kappa shape index (κ1) is 14.3. The Labute approximate surface area is 106 Å². The molecule has 0 bridgehead atoms. The number of nitrogens with zero attached hydrogens (tertiary/aromatic N) is 2. The summed E-state index contributed by atoms with van der Waals surface area (Å²) in [6.07, 6.45) is 0. The van der Waals surface area contributed by atoms with Crippen molar-refractivity contribution in [2.45, 2.75) is 6.04 Å². The number of carboxylic acid groups (broad SMARTS) is 1. The van der Waals surface area contributed by atoms with E-state index in [9.17, 15) is 25.0 Å². The summed E-state index contributed by atoms with van der Waals surface area (Å²) < 4.78 is 0. The van der Waals surface area contributed by atoms with Crippen LogP contribution in [0.5, 0.6) is 0 Å². The quantitative estimate of drug-likeness (QED) is 0.491. The second-order valence-electron chi connectivity index (χ2n) is 3.54. The first-order chi connectivity index (χ1) is 8.82. The van der Waals surface area contributed by atoms with Crippen LogP contribution in [0.4, 0.5) is 17.1 Å². The Balaban J connectivity index is 2.97. The number of hydrogen-bond acceptors (Lipinski definition) is 7. The van der Waals surface area contributed by atoms with E-state index in [2.05, 4.69) is 5.32 Å². The van der Waals surface area contributed by atoms with Gasteiger partial charge in [-0.1, -0.05) is 0 Å². The summed E-state index contributed by atoms with van der Waals surface area (Å²) in [4.78, 5) is 30.2. The third-order valence-corrected chi connectivity index (χ3v) is 2.22. The molecule has 0 aliphatic heterocycles. The number of nitro groups is 2. The van der Waals surface area contributed by atoms with Crippen molar-refractivity contribution < 1.29 is 19.7 Å². The summed E-state index contributed by atoms with van der Waals surface area (Å²) in [5.41, 5.74) is 4.24. The number of carbonyl (C=O) groups is 1. The molecule has 1 rings (SSSR count).